The van der Waals surface area contributed by atoms with Crippen LogP contribution in [0.15, 0.2) is 18.5 Å². The molecule has 1 aliphatic carbocycles. The summed E-state index contributed by atoms with van der Waals surface area (Å²) in [6.07, 6.45) is 5.29. The van der Waals surface area contributed by atoms with E-state index in [1.165, 1.54) is 0 Å². The van der Waals surface area contributed by atoms with Crippen molar-refractivity contribution >= 4 is 11.7 Å². The Hall–Kier alpha value is -1.66. The lowest BCUT2D eigenvalue weighted by atomic mass is 9.73. The normalized spacial score (nSPS) is 30.9. The predicted octanol–water partition coefficient (Wildman–Crippen LogP) is 2.76. The minimum Gasteiger partial charge on any atom is -0.460 e. The van der Waals surface area contributed by atoms with Gasteiger partial charge >= 0.3 is 5.97 Å². The molecular weight excluding hydrogens is 320 g/mol. The Morgan fingerprint density at radius 2 is 2.16 bits per heavy atom. The number of nitrogens with two attached hydrogens (primary N) is 1. The van der Waals surface area contributed by atoms with Crippen LogP contribution >= 0.6 is 0 Å². The summed E-state index contributed by atoms with van der Waals surface area (Å²) in [5, 5.41) is 11.1. The van der Waals surface area contributed by atoms with E-state index in [9.17, 15) is 9.90 Å². The van der Waals surface area contributed by atoms with E-state index in [1.54, 1.807) is 19.3 Å². The monoisotopic (exact) mass is 348 g/mol. The zero-order valence-electron chi connectivity index (χ0n) is 15.4. The SMILES string of the molecule is CC(C)(C)OC(=O)C[C@H]1C[C@H](c2ccncc2N)OC2(CC2)[C@@]1(C)O. The van der Waals surface area contributed by atoms with Crippen LogP contribution < -0.4 is 5.73 Å². The van der Waals surface area contributed by atoms with E-state index in [0.29, 0.717) is 12.1 Å². The molecule has 3 N–H and O–H groups in total. The topological polar surface area (TPSA) is 94.7 Å². The van der Waals surface area contributed by atoms with Gasteiger partial charge in [-0.25, -0.2) is 0 Å². The van der Waals surface area contributed by atoms with E-state index in [2.05, 4.69) is 4.98 Å². The van der Waals surface area contributed by atoms with Gasteiger partial charge in [0.25, 0.3) is 0 Å². The van der Waals surface area contributed by atoms with Crippen molar-refractivity contribution in [3.63, 3.8) is 0 Å². The van der Waals surface area contributed by atoms with Crippen molar-refractivity contribution in [2.24, 2.45) is 5.92 Å². The van der Waals surface area contributed by atoms with Gasteiger partial charge in [-0.2, -0.15) is 0 Å². The van der Waals surface area contributed by atoms with Gasteiger partial charge in [-0.15, -0.1) is 0 Å². The van der Waals surface area contributed by atoms with Crippen LogP contribution in [0.25, 0.3) is 0 Å². The maximum absolute atomic E-state index is 12.3. The van der Waals surface area contributed by atoms with E-state index in [-0.39, 0.29) is 24.4 Å². The molecule has 0 radical (unpaired) electrons. The number of anilines is 1. The van der Waals surface area contributed by atoms with Crippen molar-refractivity contribution < 1.29 is 19.4 Å². The van der Waals surface area contributed by atoms with Gasteiger partial charge in [0.1, 0.15) is 5.60 Å². The number of hydrogen-bond donors (Lipinski definition) is 2. The number of esters is 1. The molecule has 1 saturated heterocycles. The first-order valence-electron chi connectivity index (χ1n) is 8.85. The van der Waals surface area contributed by atoms with E-state index >= 15 is 0 Å². The molecule has 2 heterocycles. The number of carbonyl (C=O) groups excluding carboxylic acids is 1. The molecule has 1 aromatic rings. The summed E-state index contributed by atoms with van der Waals surface area (Å²) in [5.74, 6) is -0.548. The Bertz CT molecular complexity index is 662. The maximum Gasteiger partial charge on any atom is 0.306 e. The summed E-state index contributed by atoms with van der Waals surface area (Å²) in [5.41, 5.74) is 5.29. The van der Waals surface area contributed by atoms with Crippen molar-refractivity contribution in [2.75, 3.05) is 5.73 Å². The third-order valence-electron chi connectivity index (χ3n) is 5.36. The Morgan fingerprint density at radius 3 is 2.72 bits per heavy atom. The highest BCUT2D eigenvalue weighted by atomic mass is 16.6. The number of nitrogen functional groups attached to an aromatic ring is 1. The average Bonchev–Trinajstić information content (AvgIpc) is 3.24. The van der Waals surface area contributed by atoms with Crippen molar-refractivity contribution in [2.45, 2.75) is 76.3 Å². The summed E-state index contributed by atoms with van der Waals surface area (Å²) in [7, 11) is 0. The van der Waals surface area contributed by atoms with Crippen molar-refractivity contribution in [1.29, 1.82) is 0 Å². The van der Waals surface area contributed by atoms with Crippen LogP contribution in [-0.4, -0.2) is 32.9 Å². The van der Waals surface area contributed by atoms with Crippen LogP contribution in [0.2, 0.25) is 0 Å². The van der Waals surface area contributed by atoms with Gasteiger partial charge in [-0.05, 0) is 53.0 Å². The number of hydrogen-bond acceptors (Lipinski definition) is 6. The molecule has 2 fully saturated rings. The second-order valence-electron chi connectivity index (χ2n) is 8.48. The molecule has 3 rings (SSSR count). The fourth-order valence-corrected chi connectivity index (χ4v) is 3.80. The fraction of sp³-hybridized carbons (Fsp3) is 0.684. The second-order valence-corrected chi connectivity index (χ2v) is 8.48. The standard InChI is InChI=1S/C19H28N2O4/c1-17(2,3)25-16(22)10-12-9-15(13-5-8-21-11-14(13)20)24-19(6-7-19)18(12,4)23/h5,8,11-12,15,23H,6-7,9-10,20H2,1-4H3/t12-,15-,18+/m1/s1. The number of carbonyl (C=O) groups is 1. The van der Waals surface area contributed by atoms with Gasteiger partial charge in [-0.1, -0.05) is 0 Å². The van der Waals surface area contributed by atoms with Crippen LogP contribution in [0.3, 0.4) is 0 Å². The molecular formula is C19H28N2O4. The second kappa shape index (κ2) is 5.95. The first-order chi connectivity index (χ1) is 11.5. The van der Waals surface area contributed by atoms with Gasteiger partial charge in [0.15, 0.2) is 0 Å². The number of aromatic nitrogens is 1. The van der Waals surface area contributed by atoms with Gasteiger partial charge in [0.05, 0.1) is 35.6 Å². The molecule has 138 valence electrons. The van der Waals surface area contributed by atoms with Crippen molar-refractivity contribution in [1.82, 2.24) is 4.98 Å². The largest absolute Gasteiger partial charge is 0.460 e. The molecule has 0 amide bonds. The Labute approximate surface area is 148 Å². The number of nitrogens with zero attached hydrogens (tertiary/aromatic N) is 1. The van der Waals surface area contributed by atoms with Crippen LogP contribution in [0.5, 0.6) is 0 Å². The molecule has 25 heavy (non-hydrogen) atoms. The summed E-state index contributed by atoms with van der Waals surface area (Å²) >= 11 is 0. The zero-order chi connectivity index (χ0) is 18.5. The molecule has 2 aliphatic rings. The van der Waals surface area contributed by atoms with Crippen molar-refractivity contribution in [3.8, 4) is 0 Å². The number of pyridine rings is 1. The lowest BCUT2D eigenvalue weighted by molar-refractivity contribution is -0.220. The average molecular weight is 348 g/mol. The Morgan fingerprint density at radius 1 is 1.48 bits per heavy atom. The Kier molecular flexibility index (Phi) is 4.32. The molecule has 1 aromatic heterocycles. The third-order valence-corrected chi connectivity index (χ3v) is 5.36. The highest BCUT2D eigenvalue weighted by Crippen LogP contribution is 2.59. The van der Waals surface area contributed by atoms with E-state index in [4.69, 9.17) is 15.2 Å². The zero-order valence-corrected chi connectivity index (χ0v) is 15.4. The van der Waals surface area contributed by atoms with Gasteiger partial charge in [0.2, 0.25) is 0 Å². The quantitative estimate of drug-likeness (QED) is 0.816. The molecule has 0 unspecified atom stereocenters. The lowest BCUT2D eigenvalue weighted by Gasteiger charge is -2.47. The number of rotatable bonds is 3. The Balaban J connectivity index is 1.83. The fourth-order valence-electron chi connectivity index (χ4n) is 3.80. The molecule has 0 aromatic carbocycles. The van der Waals surface area contributed by atoms with Gasteiger partial charge < -0.3 is 20.3 Å². The molecule has 6 heteroatoms. The van der Waals surface area contributed by atoms with Crippen LogP contribution in [0.1, 0.15) is 65.0 Å². The summed E-state index contributed by atoms with van der Waals surface area (Å²) in [4.78, 5) is 16.4. The summed E-state index contributed by atoms with van der Waals surface area (Å²) < 4.78 is 11.7. The highest BCUT2D eigenvalue weighted by molar-refractivity contribution is 5.70. The van der Waals surface area contributed by atoms with Crippen LogP contribution in [-0.2, 0) is 14.3 Å². The van der Waals surface area contributed by atoms with Crippen LogP contribution in [0.4, 0.5) is 5.69 Å². The highest BCUT2D eigenvalue weighted by Gasteiger charge is 2.64. The molecule has 1 spiro atoms. The van der Waals surface area contributed by atoms with E-state index in [1.807, 2.05) is 26.8 Å². The number of ether oxygens (including phenoxy) is 2. The number of aliphatic hydroxyl groups is 1. The minimum absolute atomic E-state index is 0.164. The summed E-state index contributed by atoms with van der Waals surface area (Å²) in [6, 6.07) is 1.85. The van der Waals surface area contributed by atoms with E-state index in [0.717, 1.165) is 18.4 Å². The molecule has 1 saturated carbocycles. The third kappa shape index (κ3) is 3.51. The lowest BCUT2D eigenvalue weighted by Crippen LogP contribution is -2.55. The van der Waals surface area contributed by atoms with E-state index < -0.39 is 16.8 Å². The molecule has 3 atom stereocenters. The maximum atomic E-state index is 12.3. The first-order valence-corrected chi connectivity index (χ1v) is 8.85. The predicted molar refractivity (Wildman–Crippen MR) is 93.6 cm³/mol. The van der Waals surface area contributed by atoms with Gasteiger partial charge in [0, 0.05) is 17.7 Å². The smallest absolute Gasteiger partial charge is 0.306 e. The van der Waals surface area contributed by atoms with Crippen LogP contribution in [0, 0.1) is 5.92 Å². The summed E-state index contributed by atoms with van der Waals surface area (Å²) in [6.45, 7) is 7.31. The molecule has 1 aliphatic heterocycles. The minimum atomic E-state index is -1.07. The van der Waals surface area contributed by atoms with Crippen molar-refractivity contribution in [3.05, 3.63) is 24.0 Å². The molecule has 0 bridgehead atoms. The van der Waals surface area contributed by atoms with Gasteiger partial charge in [-0.3, -0.25) is 9.78 Å². The first kappa shape index (κ1) is 18.1. The molecule has 6 nitrogen and oxygen atoms in total.